The third kappa shape index (κ3) is 3.69. The number of benzene rings is 1. The number of amides is 1. The van der Waals surface area contributed by atoms with Crippen LogP contribution in [0.5, 0.6) is 0 Å². The molecule has 1 N–H and O–H groups in total. The van der Waals surface area contributed by atoms with Crippen molar-refractivity contribution in [3.05, 3.63) is 52.3 Å². The highest BCUT2D eigenvalue weighted by Gasteiger charge is 2.21. The lowest BCUT2D eigenvalue weighted by atomic mass is 10.1. The summed E-state index contributed by atoms with van der Waals surface area (Å²) in [6.45, 7) is 6.62. The van der Waals surface area contributed by atoms with E-state index in [-0.39, 0.29) is 11.9 Å². The zero-order valence-electron chi connectivity index (χ0n) is 13.3. The maximum atomic E-state index is 12.5. The summed E-state index contributed by atoms with van der Waals surface area (Å²) in [6.07, 6.45) is 2.05. The number of nitrogens with zero attached hydrogens (tertiary/aromatic N) is 2. The molecule has 0 fully saturated rings. The Labute approximate surface area is 136 Å². The third-order valence-corrected chi connectivity index (χ3v) is 4.05. The first-order valence-electron chi connectivity index (χ1n) is 7.63. The fourth-order valence-electron chi connectivity index (χ4n) is 2.36. The van der Waals surface area contributed by atoms with Crippen molar-refractivity contribution in [3.8, 4) is 0 Å². The van der Waals surface area contributed by atoms with E-state index in [0.717, 1.165) is 24.9 Å². The second kappa shape index (κ2) is 7.45. The molecule has 0 aliphatic heterocycles. The highest BCUT2D eigenvalue weighted by atomic mass is 35.5. The van der Waals surface area contributed by atoms with Crippen molar-refractivity contribution in [1.82, 2.24) is 15.1 Å². The SMILES string of the molecule is CCCCn1nc(C)c(C(=O)N[C@H](C)c2ccccc2)c1Cl. The third-order valence-electron chi connectivity index (χ3n) is 3.66. The molecule has 1 heterocycles. The van der Waals surface area contributed by atoms with Crippen molar-refractivity contribution in [2.24, 2.45) is 0 Å². The van der Waals surface area contributed by atoms with E-state index in [1.54, 1.807) is 4.68 Å². The van der Waals surface area contributed by atoms with E-state index in [0.29, 0.717) is 16.4 Å². The molecule has 1 aromatic carbocycles. The highest BCUT2D eigenvalue weighted by molar-refractivity contribution is 6.33. The molecule has 1 amide bonds. The molecule has 0 aliphatic rings. The molecule has 5 heteroatoms. The van der Waals surface area contributed by atoms with Gasteiger partial charge in [-0.1, -0.05) is 55.3 Å². The summed E-state index contributed by atoms with van der Waals surface area (Å²) in [6, 6.07) is 9.77. The summed E-state index contributed by atoms with van der Waals surface area (Å²) in [4.78, 5) is 12.5. The van der Waals surface area contributed by atoms with Crippen molar-refractivity contribution in [1.29, 1.82) is 0 Å². The molecule has 22 heavy (non-hydrogen) atoms. The van der Waals surface area contributed by atoms with Crippen molar-refractivity contribution in [3.63, 3.8) is 0 Å². The molecule has 2 rings (SSSR count). The fourth-order valence-corrected chi connectivity index (χ4v) is 2.71. The number of carbonyl (C=O) groups is 1. The van der Waals surface area contributed by atoms with E-state index in [9.17, 15) is 4.79 Å². The van der Waals surface area contributed by atoms with Gasteiger partial charge >= 0.3 is 0 Å². The molecule has 1 aromatic heterocycles. The average molecular weight is 320 g/mol. The quantitative estimate of drug-likeness (QED) is 0.870. The van der Waals surface area contributed by atoms with Gasteiger partial charge in [-0.05, 0) is 25.8 Å². The van der Waals surface area contributed by atoms with Gasteiger partial charge in [0.2, 0.25) is 0 Å². The van der Waals surface area contributed by atoms with Crippen LogP contribution in [0.4, 0.5) is 0 Å². The number of halogens is 1. The zero-order valence-corrected chi connectivity index (χ0v) is 14.0. The van der Waals surface area contributed by atoms with Crippen molar-refractivity contribution in [2.45, 2.75) is 46.2 Å². The summed E-state index contributed by atoms with van der Waals surface area (Å²) in [5.74, 6) is -0.179. The fraction of sp³-hybridized carbons (Fsp3) is 0.412. The van der Waals surface area contributed by atoms with Crippen LogP contribution in [-0.2, 0) is 6.54 Å². The summed E-state index contributed by atoms with van der Waals surface area (Å²) >= 11 is 6.33. The molecular weight excluding hydrogens is 298 g/mol. The van der Waals surface area contributed by atoms with E-state index < -0.39 is 0 Å². The van der Waals surface area contributed by atoms with Crippen LogP contribution in [0.1, 0.15) is 54.3 Å². The predicted octanol–water partition coefficient (Wildman–Crippen LogP) is 4.14. The van der Waals surface area contributed by atoms with E-state index in [1.165, 1.54) is 0 Å². The van der Waals surface area contributed by atoms with Crippen LogP contribution < -0.4 is 5.32 Å². The summed E-state index contributed by atoms with van der Waals surface area (Å²) < 4.78 is 1.71. The Morgan fingerprint density at radius 1 is 1.36 bits per heavy atom. The second-order valence-electron chi connectivity index (χ2n) is 5.43. The van der Waals surface area contributed by atoms with Gasteiger partial charge in [0.05, 0.1) is 17.3 Å². The minimum absolute atomic E-state index is 0.0804. The van der Waals surface area contributed by atoms with Crippen molar-refractivity contribution in [2.75, 3.05) is 0 Å². The number of unbranched alkanes of at least 4 members (excludes halogenated alkanes) is 1. The maximum Gasteiger partial charge on any atom is 0.256 e. The molecule has 0 aliphatic carbocycles. The Kier molecular flexibility index (Phi) is 5.61. The largest absolute Gasteiger partial charge is 0.345 e. The van der Waals surface area contributed by atoms with E-state index in [2.05, 4.69) is 17.3 Å². The van der Waals surface area contributed by atoms with Gasteiger partial charge in [0.15, 0.2) is 0 Å². The summed E-state index contributed by atoms with van der Waals surface area (Å²) in [7, 11) is 0. The number of hydrogen-bond donors (Lipinski definition) is 1. The number of hydrogen-bond acceptors (Lipinski definition) is 2. The van der Waals surface area contributed by atoms with Crippen molar-refractivity contribution < 1.29 is 4.79 Å². The van der Waals surface area contributed by atoms with Crippen LogP contribution in [0, 0.1) is 6.92 Å². The van der Waals surface area contributed by atoms with Gasteiger partial charge in [0.1, 0.15) is 5.15 Å². The summed E-state index contributed by atoms with van der Waals surface area (Å²) in [5.41, 5.74) is 2.20. The second-order valence-corrected chi connectivity index (χ2v) is 5.79. The Balaban J connectivity index is 2.14. The van der Waals surface area contributed by atoms with E-state index in [1.807, 2.05) is 44.2 Å². The monoisotopic (exact) mass is 319 g/mol. The smallest absolute Gasteiger partial charge is 0.256 e. The van der Waals surface area contributed by atoms with Crippen LogP contribution in [0.15, 0.2) is 30.3 Å². The molecule has 1 atom stereocenters. The van der Waals surface area contributed by atoms with Crippen LogP contribution in [-0.4, -0.2) is 15.7 Å². The average Bonchev–Trinajstić information content (AvgIpc) is 2.80. The first-order valence-corrected chi connectivity index (χ1v) is 8.01. The standard InChI is InChI=1S/C17H22ClN3O/c1-4-5-11-21-16(18)15(13(3)20-21)17(22)19-12(2)14-9-7-6-8-10-14/h6-10,12H,4-5,11H2,1-3H3,(H,19,22)/t12-/m1/s1. The Morgan fingerprint density at radius 2 is 2.05 bits per heavy atom. The predicted molar refractivity (Wildman–Crippen MR) is 89.2 cm³/mol. The molecule has 0 saturated carbocycles. The highest BCUT2D eigenvalue weighted by Crippen LogP contribution is 2.21. The lowest BCUT2D eigenvalue weighted by Gasteiger charge is -2.14. The van der Waals surface area contributed by atoms with Gasteiger partial charge < -0.3 is 5.32 Å². The molecule has 118 valence electrons. The van der Waals surface area contributed by atoms with Crippen LogP contribution in [0.3, 0.4) is 0 Å². The molecular formula is C17H22ClN3O. The van der Waals surface area contributed by atoms with Gasteiger partial charge in [-0.2, -0.15) is 5.10 Å². The van der Waals surface area contributed by atoms with Crippen LogP contribution >= 0.6 is 11.6 Å². The summed E-state index contributed by atoms with van der Waals surface area (Å²) in [5, 5.41) is 7.78. The Morgan fingerprint density at radius 3 is 2.68 bits per heavy atom. The minimum atomic E-state index is -0.179. The lowest BCUT2D eigenvalue weighted by Crippen LogP contribution is -2.27. The number of aromatic nitrogens is 2. The lowest BCUT2D eigenvalue weighted by molar-refractivity contribution is 0.0939. The maximum absolute atomic E-state index is 12.5. The van der Waals surface area contributed by atoms with Gasteiger partial charge in [-0.3, -0.25) is 9.48 Å². The molecule has 0 spiro atoms. The molecule has 4 nitrogen and oxygen atoms in total. The number of aryl methyl sites for hydroxylation is 2. The van der Waals surface area contributed by atoms with Gasteiger partial charge in [-0.25, -0.2) is 0 Å². The number of carbonyl (C=O) groups excluding carboxylic acids is 1. The first kappa shape index (κ1) is 16.6. The topological polar surface area (TPSA) is 46.9 Å². The molecule has 0 unspecified atom stereocenters. The van der Waals surface area contributed by atoms with Crippen molar-refractivity contribution >= 4 is 17.5 Å². The van der Waals surface area contributed by atoms with Gasteiger partial charge in [-0.15, -0.1) is 0 Å². The number of rotatable bonds is 6. The molecule has 2 aromatic rings. The Hall–Kier alpha value is -1.81. The van der Waals surface area contributed by atoms with Crippen LogP contribution in [0.25, 0.3) is 0 Å². The Bertz CT molecular complexity index is 637. The van der Waals surface area contributed by atoms with Gasteiger partial charge in [0.25, 0.3) is 5.91 Å². The first-order chi connectivity index (χ1) is 10.5. The zero-order chi connectivity index (χ0) is 16.1. The molecule has 0 radical (unpaired) electrons. The normalized spacial score (nSPS) is 12.2. The number of nitrogens with one attached hydrogen (secondary N) is 1. The minimum Gasteiger partial charge on any atom is -0.345 e. The van der Waals surface area contributed by atoms with Gasteiger partial charge in [0, 0.05) is 6.54 Å². The van der Waals surface area contributed by atoms with E-state index >= 15 is 0 Å². The molecule has 0 saturated heterocycles. The van der Waals surface area contributed by atoms with Crippen LogP contribution in [0.2, 0.25) is 5.15 Å². The van der Waals surface area contributed by atoms with E-state index in [4.69, 9.17) is 11.6 Å². The molecule has 0 bridgehead atoms.